The minimum atomic E-state index is -1.13. The van der Waals surface area contributed by atoms with E-state index in [2.05, 4.69) is 9.97 Å². The number of hydrogen-bond acceptors (Lipinski definition) is 5. The van der Waals surface area contributed by atoms with Crippen LogP contribution in [0.5, 0.6) is 0 Å². The third-order valence-electron chi connectivity index (χ3n) is 4.83. The van der Waals surface area contributed by atoms with Gasteiger partial charge in [0.2, 0.25) is 11.8 Å². The molecule has 2 aromatic heterocycles. The molecule has 0 N–H and O–H groups in total. The van der Waals surface area contributed by atoms with Gasteiger partial charge in [0.15, 0.2) is 5.82 Å². The normalized spacial score (nSPS) is 16.8. The van der Waals surface area contributed by atoms with Crippen molar-refractivity contribution in [2.24, 2.45) is 7.05 Å². The molecule has 4 rings (SSSR count). The van der Waals surface area contributed by atoms with Crippen molar-refractivity contribution >= 4 is 5.95 Å². The van der Waals surface area contributed by atoms with Crippen LogP contribution in [-0.2, 0) is 11.8 Å². The Hall–Kier alpha value is -3.20. The smallest absolute Gasteiger partial charge is 0.291 e. The second kappa shape index (κ2) is 7.67. The van der Waals surface area contributed by atoms with E-state index in [1.807, 2.05) is 0 Å². The van der Waals surface area contributed by atoms with Crippen LogP contribution in [-0.4, -0.2) is 34.2 Å². The first-order valence-electron chi connectivity index (χ1n) is 8.94. The highest BCUT2D eigenvalue weighted by atomic mass is 19.1. The van der Waals surface area contributed by atoms with E-state index in [0.29, 0.717) is 19.7 Å². The molecule has 1 atom stereocenters. The lowest BCUT2D eigenvalue weighted by atomic mass is 10.1. The number of aromatic nitrogens is 3. The number of ether oxygens (including phenoxy) is 1. The maximum Gasteiger partial charge on any atom is 0.291 e. The van der Waals surface area contributed by atoms with E-state index in [9.17, 15) is 18.0 Å². The van der Waals surface area contributed by atoms with Gasteiger partial charge in [-0.05, 0) is 23.8 Å². The van der Waals surface area contributed by atoms with Gasteiger partial charge in [0.05, 0.1) is 19.3 Å². The molecule has 1 aromatic carbocycles. The van der Waals surface area contributed by atoms with Gasteiger partial charge >= 0.3 is 0 Å². The van der Waals surface area contributed by atoms with E-state index in [0.717, 1.165) is 16.3 Å². The van der Waals surface area contributed by atoms with Crippen molar-refractivity contribution in [3.8, 4) is 11.3 Å². The Bertz CT molecular complexity index is 1100. The van der Waals surface area contributed by atoms with E-state index in [-0.39, 0.29) is 29.1 Å². The molecule has 0 radical (unpaired) electrons. The molecule has 3 heterocycles. The van der Waals surface area contributed by atoms with E-state index in [1.54, 1.807) is 17.0 Å². The molecule has 0 aliphatic carbocycles. The fourth-order valence-electron chi connectivity index (χ4n) is 3.30. The lowest BCUT2D eigenvalue weighted by molar-refractivity contribution is 0.0389. The van der Waals surface area contributed by atoms with Gasteiger partial charge in [-0.15, -0.1) is 0 Å². The molecule has 1 aliphatic rings. The lowest BCUT2D eigenvalue weighted by Gasteiger charge is -2.34. The fraction of sp³-hybridized carbons (Fsp3) is 0.250. The van der Waals surface area contributed by atoms with Gasteiger partial charge < -0.3 is 9.64 Å². The SMILES string of the molecule is Cn1c(N2CCO[C@@H](c3ccc(F)cc3)C2)nc(-c2ccncc2F)c(F)c1=O. The topological polar surface area (TPSA) is 60.2 Å². The Balaban J connectivity index is 1.73. The first-order valence-corrected chi connectivity index (χ1v) is 8.94. The highest BCUT2D eigenvalue weighted by molar-refractivity contribution is 5.61. The minimum absolute atomic E-state index is 0.139. The van der Waals surface area contributed by atoms with E-state index in [1.165, 1.54) is 31.4 Å². The zero-order chi connectivity index (χ0) is 20.5. The molecule has 0 saturated carbocycles. The van der Waals surface area contributed by atoms with Crippen LogP contribution in [0.25, 0.3) is 11.3 Å². The van der Waals surface area contributed by atoms with Crippen molar-refractivity contribution in [3.63, 3.8) is 0 Å². The number of anilines is 1. The van der Waals surface area contributed by atoms with E-state index in [4.69, 9.17) is 4.74 Å². The Labute approximate surface area is 164 Å². The summed E-state index contributed by atoms with van der Waals surface area (Å²) >= 11 is 0. The quantitative estimate of drug-likeness (QED) is 0.674. The van der Waals surface area contributed by atoms with Crippen LogP contribution in [0.3, 0.4) is 0 Å². The maximum atomic E-state index is 14.6. The van der Waals surface area contributed by atoms with Gasteiger partial charge in [-0.25, -0.2) is 13.8 Å². The van der Waals surface area contributed by atoms with Gasteiger partial charge in [0, 0.05) is 25.4 Å². The molecule has 0 amide bonds. The predicted molar refractivity (Wildman–Crippen MR) is 99.9 cm³/mol. The van der Waals surface area contributed by atoms with Crippen LogP contribution in [0.1, 0.15) is 11.7 Å². The third kappa shape index (κ3) is 3.61. The van der Waals surface area contributed by atoms with Crippen molar-refractivity contribution in [1.82, 2.24) is 14.5 Å². The van der Waals surface area contributed by atoms with Gasteiger partial charge in [0.25, 0.3) is 5.56 Å². The molecule has 0 bridgehead atoms. The lowest BCUT2D eigenvalue weighted by Crippen LogP contribution is -2.42. The predicted octanol–water partition coefficient (Wildman–Crippen LogP) is 2.84. The van der Waals surface area contributed by atoms with Gasteiger partial charge in [-0.1, -0.05) is 12.1 Å². The molecule has 6 nitrogen and oxygen atoms in total. The Morgan fingerprint density at radius 3 is 2.62 bits per heavy atom. The van der Waals surface area contributed by atoms with Crippen LogP contribution < -0.4 is 10.5 Å². The summed E-state index contributed by atoms with van der Waals surface area (Å²) in [5.41, 5.74) is -0.651. The largest absolute Gasteiger partial charge is 0.370 e. The molecule has 1 saturated heterocycles. The molecule has 1 fully saturated rings. The van der Waals surface area contributed by atoms with Crippen LogP contribution in [0.2, 0.25) is 0 Å². The molecule has 0 unspecified atom stereocenters. The van der Waals surface area contributed by atoms with Crippen LogP contribution in [0, 0.1) is 17.5 Å². The summed E-state index contributed by atoms with van der Waals surface area (Å²) in [6.45, 7) is 1.05. The number of nitrogens with zero attached hydrogens (tertiary/aromatic N) is 4. The fourth-order valence-corrected chi connectivity index (χ4v) is 3.30. The average Bonchev–Trinajstić information content (AvgIpc) is 2.74. The van der Waals surface area contributed by atoms with Crippen LogP contribution in [0.15, 0.2) is 47.5 Å². The Morgan fingerprint density at radius 1 is 1.14 bits per heavy atom. The average molecular weight is 402 g/mol. The second-order valence-corrected chi connectivity index (χ2v) is 6.65. The highest BCUT2D eigenvalue weighted by Crippen LogP contribution is 2.27. The Morgan fingerprint density at radius 2 is 1.90 bits per heavy atom. The summed E-state index contributed by atoms with van der Waals surface area (Å²) in [7, 11) is 1.41. The standard InChI is InChI=1S/C20H17F3N4O2/c1-26-19(28)17(23)18(14-6-7-24-10-15(14)22)25-20(26)27-8-9-29-16(11-27)12-2-4-13(21)5-3-12/h2-7,10,16H,8-9,11H2,1H3/t16-/m1/s1. The zero-order valence-electron chi connectivity index (χ0n) is 15.5. The molecule has 150 valence electrons. The number of pyridine rings is 1. The summed E-state index contributed by atoms with van der Waals surface area (Å²) in [6, 6.07) is 7.20. The monoisotopic (exact) mass is 402 g/mol. The number of halogens is 3. The molecule has 29 heavy (non-hydrogen) atoms. The second-order valence-electron chi connectivity index (χ2n) is 6.65. The first kappa shape index (κ1) is 19.1. The third-order valence-corrected chi connectivity index (χ3v) is 4.83. The Kier molecular flexibility index (Phi) is 5.06. The number of benzene rings is 1. The van der Waals surface area contributed by atoms with E-state index >= 15 is 0 Å². The van der Waals surface area contributed by atoms with E-state index < -0.39 is 17.2 Å². The van der Waals surface area contributed by atoms with Crippen molar-refractivity contribution in [1.29, 1.82) is 0 Å². The van der Waals surface area contributed by atoms with Gasteiger partial charge in [-0.2, -0.15) is 4.39 Å². The minimum Gasteiger partial charge on any atom is -0.370 e. The molecule has 0 spiro atoms. The van der Waals surface area contributed by atoms with Gasteiger partial charge in [0.1, 0.15) is 17.6 Å². The van der Waals surface area contributed by atoms with Crippen molar-refractivity contribution in [2.45, 2.75) is 6.10 Å². The van der Waals surface area contributed by atoms with Crippen LogP contribution in [0.4, 0.5) is 19.1 Å². The summed E-state index contributed by atoms with van der Waals surface area (Å²) in [5, 5.41) is 0. The molecular formula is C20H17F3N4O2. The molecular weight excluding hydrogens is 385 g/mol. The van der Waals surface area contributed by atoms with Crippen molar-refractivity contribution in [3.05, 3.63) is 76.1 Å². The molecule has 3 aromatic rings. The highest BCUT2D eigenvalue weighted by Gasteiger charge is 2.27. The first-order chi connectivity index (χ1) is 14.0. The summed E-state index contributed by atoms with van der Waals surface area (Å²) in [5.74, 6) is -2.07. The number of morpholine rings is 1. The van der Waals surface area contributed by atoms with Crippen molar-refractivity contribution < 1.29 is 17.9 Å². The van der Waals surface area contributed by atoms with Gasteiger partial charge in [-0.3, -0.25) is 14.3 Å². The van der Waals surface area contributed by atoms with Crippen LogP contribution >= 0.6 is 0 Å². The zero-order valence-corrected chi connectivity index (χ0v) is 15.5. The summed E-state index contributed by atoms with van der Waals surface area (Å²) in [6.07, 6.45) is 1.86. The maximum absolute atomic E-state index is 14.6. The number of rotatable bonds is 3. The molecule has 1 aliphatic heterocycles. The van der Waals surface area contributed by atoms with Crippen molar-refractivity contribution in [2.75, 3.05) is 24.6 Å². The molecule has 9 heteroatoms. The summed E-state index contributed by atoms with van der Waals surface area (Å²) in [4.78, 5) is 22.1. The summed E-state index contributed by atoms with van der Waals surface area (Å²) < 4.78 is 48.8. The number of hydrogen-bond donors (Lipinski definition) is 0.